The molecule has 0 aliphatic heterocycles. The van der Waals surface area contributed by atoms with E-state index in [1.807, 2.05) is 18.2 Å². The smallest absolute Gasteiger partial charge is 0.174 e. The van der Waals surface area contributed by atoms with Gasteiger partial charge in [-0.1, -0.05) is 26.0 Å². The Balaban J connectivity index is 1.76. The van der Waals surface area contributed by atoms with Crippen LogP contribution in [0.5, 0.6) is 5.75 Å². The van der Waals surface area contributed by atoms with Crippen molar-refractivity contribution in [2.75, 3.05) is 6.61 Å². The highest BCUT2D eigenvalue weighted by Gasteiger charge is 2.26. The van der Waals surface area contributed by atoms with Crippen LogP contribution in [-0.2, 0) is 6.54 Å². The number of hydrogen-bond donors (Lipinski definition) is 1. The molecule has 3 nitrogen and oxygen atoms in total. The Morgan fingerprint density at radius 2 is 1.90 bits per heavy atom. The Hall–Kier alpha value is -1.53. The fourth-order valence-corrected chi connectivity index (χ4v) is 2.68. The summed E-state index contributed by atoms with van der Waals surface area (Å²) in [7, 11) is 0. The van der Waals surface area contributed by atoms with E-state index in [0.29, 0.717) is 11.5 Å². The summed E-state index contributed by atoms with van der Waals surface area (Å²) >= 11 is 0. The standard InChI is InChI=1S/C17H24N2O/c1-17(2)9-7-15(8-10-17)19-13-14-3-5-16(6-4-14)20-12-11-18/h3-6,15,19H,7-10,12-13H2,1-2H3. The van der Waals surface area contributed by atoms with Crippen LogP contribution in [0.25, 0.3) is 0 Å². The SMILES string of the molecule is CC1(C)CCC(NCc2ccc(OCC#N)cc2)CC1. The highest BCUT2D eigenvalue weighted by molar-refractivity contribution is 5.27. The van der Waals surface area contributed by atoms with Crippen molar-refractivity contribution in [3.8, 4) is 11.8 Å². The van der Waals surface area contributed by atoms with Crippen LogP contribution in [0.4, 0.5) is 0 Å². The number of nitrogens with zero attached hydrogens (tertiary/aromatic N) is 1. The monoisotopic (exact) mass is 272 g/mol. The van der Waals surface area contributed by atoms with Crippen LogP contribution in [0, 0.1) is 16.7 Å². The summed E-state index contributed by atoms with van der Waals surface area (Å²) in [5, 5.41) is 12.1. The van der Waals surface area contributed by atoms with Crippen molar-refractivity contribution in [2.45, 2.75) is 52.1 Å². The molecule has 0 saturated heterocycles. The van der Waals surface area contributed by atoms with Gasteiger partial charge in [0.05, 0.1) is 0 Å². The molecule has 0 bridgehead atoms. The molecule has 1 aliphatic rings. The van der Waals surface area contributed by atoms with Crippen LogP contribution in [-0.4, -0.2) is 12.6 Å². The Morgan fingerprint density at radius 3 is 2.50 bits per heavy atom. The number of ether oxygens (including phenoxy) is 1. The fraction of sp³-hybridized carbons (Fsp3) is 0.588. The summed E-state index contributed by atoms with van der Waals surface area (Å²) in [6.45, 7) is 5.74. The normalized spacial score (nSPS) is 18.4. The summed E-state index contributed by atoms with van der Waals surface area (Å²) < 4.78 is 5.25. The van der Waals surface area contributed by atoms with Gasteiger partial charge in [-0.3, -0.25) is 0 Å². The molecule has 3 heteroatoms. The van der Waals surface area contributed by atoms with Gasteiger partial charge in [0.1, 0.15) is 11.8 Å². The van der Waals surface area contributed by atoms with E-state index in [1.165, 1.54) is 31.2 Å². The Bertz CT molecular complexity index is 449. The van der Waals surface area contributed by atoms with E-state index in [1.54, 1.807) is 0 Å². The number of rotatable bonds is 5. The van der Waals surface area contributed by atoms with Gasteiger partial charge in [0.2, 0.25) is 0 Å². The third kappa shape index (κ3) is 4.54. The summed E-state index contributed by atoms with van der Waals surface area (Å²) in [6, 6.07) is 10.6. The maximum Gasteiger partial charge on any atom is 0.174 e. The van der Waals surface area contributed by atoms with Crippen LogP contribution in [0.3, 0.4) is 0 Å². The van der Waals surface area contributed by atoms with Crippen LogP contribution in [0.1, 0.15) is 45.1 Å². The van der Waals surface area contributed by atoms with Gasteiger partial charge in [-0.25, -0.2) is 0 Å². The molecule has 1 fully saturated rings. The molecule has 0 spiro atoms. The second-order valence-electron chi connectivity index (χ2n) is 6.41. The first-order chi connectivity index (χ1) is 9.59. The molecule has 0 radical (unpaired) electrons. The zero-order valence-corrected chi connectivity index (χ0v) is 12.5. The van der Waals surface area contributed by atoms with Gasteiger partial charge in [0, 0.05) is 12.6 Å². The molecule has 0 aromatic heterocycles. The molecule has 0 atom stereocenters. The van der Waals surface area contributed by atoms with Crippen molar-refractivity contribution in [1.82, 2.24) is 5.32 Å². The predicted molar refractivity (Wildman–Crippen MR) is 80.4 cm³/mol. The second kappa shape index (κ2) is 6.76. The average Bonchev–Trinajstić information content (AvgIpc) is 2.45. The third-order valence-corrected chi connectivity index (χ3v) is 4.16. The quantitative estimate of drug-likeness (QED) is 0.890. The molecule has 108 valence electrons. The van der Waals surface area contributed by atoms with Crippen molar-refractivity contribution in [3.63, 3.8) is 0 Å². The first kappa shape index (κ1) is 14.9. The lowest BCUT2D eigenvalue weighted by Crippen LogP contribution is -2.35. The highest BCUT2D eigenvalue weighted by Crippen LogP contribution is 2.35. The minimum atomic E-state index is 0.107. The second-order valence-corrected chi connectivity index (χ2v) is 6.41. The van der Waals surface area contributed by atoms with Gasteiger partial charge in [0.15, 0.2) is 6.61 Å². The van der Waals surface area contributed by atoms with Crippen molar-refractivity contribution >= 4 is 0 Å². The number of nitriles is 1. The summed E-state index contributed by atoms with van der Waals surface area (Å²) in [5.41, 5.74) is 1.79. The van der Waals surface area contributed by atoms with Crippen LogP contribution in [0.15, 0.2) is 24.3 Å². The fourth-order valence-electron chi connectivity index (χ4n) is 2.68. The Labute approximate surface area is 121 Å². The van der Waals surface area contributed by atoms with Crippen LogP contribution >= 0.6 is 0 Å². The molecule has 1 N–H and O–H groups in total. The van der Waals surface area contributed by atoms with Gasteiger partial charge in [0.25, 0.3) is 0 Å². The third-order valence-electron chi connectivity index (χ3n) is 4.16. The van der Waals surface area contributed by atoms with E-state index in [2.05, 4.69) is 31.3 Å². The topological polar surface area (TPSA) is 45.0 Å². The maximum atomic E-state index is 8.46. The predicted octanol–water partition coefficient (Wildman–Crippen LogP) is 3.65. The van der Waals surface area contributed by atoms with E-state index in [4.69, 9.17) is 10.00 Å². The van der Waals surface area contributed by atoms with Gasteiger partial charge in [-0.15, -0.1) is 0 Å². The largest absolute Gasteiger partial charge is 0.479 e. The van der Waals surface area contributed by atoms with Crippen molar-refractivity contribution in [2.24, 2.45) is 5.41 Å². The molecule has 1 aromatic carbocycles. The molecule has 1 aliphatic carbocycles. The highest BCUT2D eigenvalue weighted by atomic mass is 16.5. The molecule has 20 heavy (non-hydrogen) atoms. The molecule has 1 aromatic rings. The lowest BCUT2D eigenvalue weighted by atomic mass is 9.75. The summed E-state index contributed by atoms with van der Waals surface area (Å²) in [4.78, 5) is 0. The van der Waals surface area contributed by atoms with Crippen LogP contribution in [0.2, 0.25) is 0 Å². The first-order valence-corrected chi connectivity index (χ1v) is 7.41. The minimum Gasteiger partial charge on any atom is -0.479 e. The molecule has 2 rings (SSSR count). The van der Waals surface area contributed by atoms with Gasteiger partial charge >= 0.3 is 0 Å². The van der Waals surface area contributed by atoms with E-state index >= 15 is 0 Å². The van der Waals surface area contributed by atoms with Gasteiger partial charge in [-0.05, 0) is 48.8 Å². The van der Waals surface area contributed by atoms with Crippen molar-refractivity contribution < 1.29 is 4.74 Å². The van der Waals surface area contributed by atoms with E-state index in [0.717, 1.165) is 12.3 Å². The average molecular weight is 272 g/mol. The molecular formula is C17H24N2O. The zero-order chi connectivity index (χ0) is 14.4. The number of benzene rings is 1. The lowest BCUT2D eigenvalue weighted by molar-refractivity contribution is 0.206. The van der Waals surface area contributed by atoms with E-state index in [-0.39, 0.29) is 6.61 Å². The molecule has 0 unspecified atom stereocenters. The number of nitrogens with one attached hydrogen (secondary N) is 1. The van der Waals surface area contributed by atoms with Gasteiger partial charge < -0.3 is 10.1 Å². The maximum absolute atomic E-state index is 8.46. The molecular weight excluding hydrogens is 248 g/mol. The zero-order valence-electron chi connectivity index (χ0n) is 12.5. The first-order valence-electron chi connectivity index (χ1n) is 7.41. The van der Waals surface area contributed by atoms with Crippen molar-refractivity contribution in [1.29, 1.82) is 5.26 Å². The molecule has 1 saturated carbocycles. The molecule has 0 heterocycles. The van der Waals surface area contributed by atoms with Gasteiger partial charge in [-0.2, -0.15) is 5.26 Å². The van der Waals surface area contributed by atoms with E-state index in [9.17, 15) is 0 Å². The lowest BCUT2D eigenvalue weighted by Gasteiger charge is -2.34. The van der Waals surface area contributed by atoms with Crippen LogP contribution < -0.4 is 10.1 Å². The summed E-state index contributed by atoms with van der Waals surface area (Å²) in [5.74, 6) is 0.759. The summed E-state index contributed by atoms with van der Waals surface area (Å²) in [6.07, 6.45) is 5.17. The van der Waals surface area contributed by atoms with E-state index < -0.39 is 0 Å². The minimum absolute atomic E-state index is 0.107. The van der Waals surface area contributed by atoms with Crippen molar-refractivity contribution in [3.05, 3.63) is 29.8 Å². The Morgan fingerprint density at radius 1 is 1.25 bits per heavy atom. The number of hydrogen-bond acceptors (Lipinski definition) is 3. The molecule has 0 amide bonds. The Kier molecular flexibility index (Phi) is 5.03.